The number of carbonyl (C=O) groups is 2. The number of hydroxylamine groups is 1. The van der Waals surface area contributed by atoms with Crippen molar-refractivity contribution >= 4 is 11.8 Å². The molecule has 2 amide bonds. The Kier molecular flexibility index (Phi) is 5.63. The molecule has 2 rings (SSSR count). The molecule has 0 radical (unpaired) electrons. The average Bonchev–Trinajstić information content (AvgIpc) is 3.12. The molecule has 2 fully saturated rings. The highest BCUT2D eigenvalue weighted by Gasteiger charge is 2.47. The van der Waals surface area contributed by atoms with Crippen LogP contribution in [0.15, 0.2) is 0 Å². The third kappa shape index (κ3) is 4.33. The van der Waals surface area contributed by atoms with E-state index in [1.54, 1.807) is 0 Å². The summed E-state index contributed by atoms with van der Waals surface area (Å²) in [6.07, 6.45) is -2.10. The number of hydrogen-bond donors (Lipinski definition) is 1. The van der Waals surface area contributed by atoms with Crippen molar-refractivity contribution in [2.24, 2.45) is 0 Å². The van der Waals surface area contributed by atoms with Gasteiger partial charge in [0.1, 0.15) is 6.04 Å². The Morgan fingerprint density at radius 2 is 1.82 bits per heavy atom. The molecular formula is C13H20F3N3O3. The second-order valence-electron chi connectivity index (χ2n) is 5.52. The van der Waals surface area contributed by atoms with Crippen molar-refractivity contribution in [3.8, 4) is 0 Å². The summed E-state index contributed by atoms with van der Waals surface area (Å²) in [7, 11) is 0. The predicted molar refractivity (Wildman–Crippen MR) is 70.6 cm³/mol. The highest BCUT2D eigenvalue weighted by atomic mass is 19.4. The van der Waals surface area contributed by atoms with Gasteiger partial charge in [-0.25, -0.2) is 5.48 Å². The number of carbonyl (C=O) groups excluding carboxylic acids is 2. The van der Waals surface area contributed by atoms with Crippen molar-refractivity contribution in [1.82, 2.24) is 15.3 Å². The van der Waals surface area contributed by atoms with E-state index in [0.717, 1.165) is 25.9 Å². The molecule has 126 valence electrons. The first-order valence-electron chi connectivity index (χ1n) is 7.41. The summed E-state index contributed by atoms with van der Waals surface area (Å²) in [5.41, 5.74) is 2.16. The van der Waals surface area contributed by atoms with Gasteiger partial charge in [-0.05, 0) is 38.8 Å². The second kappa shape index (κ2) is 7.28. The molecule has 0 aliphatic carbocycles. The van der Waals surface area contributed by atoms with Crippen LogP contribution >= 0.6 is 0 Å². The molecule has 0 aromatic heterocycles. The molecule has 0 aromatic rings. The van der Waals surface area contributed by atoms with Gasteiger partial charge in [0.15, 0.2) is 0 Å². The molecule has 6 nitrogen and oxygen atoms in total. The Balaban J connectivity index is 1.74. The van der Waals surface area contributed by atoms with Gasteiger partial charge in [0.05, 0.1) is 6.61 Å². The first-order chi connectivity index (χ1) is 10.4. The number of amides is 2. The Bertz CT molecular complexity index is 411. The number of rotatable bonds is 5. The monoisotopic (exact) mass is 323 g/mol. The highest BCUT2D eigenvalue weighted by Crippen LogP contribution is 2.25. The summed E-state index contributed by atoms with van der Waals surface area (Å²) >= 11 is 0. The van der Waals surface area contributed by atoms with E-state index in [0.29, 0.717) is 17.9 Å². The molecule has 0 aromatic carbocycles. The fraction of sp³-hybridized carbons (Fsp3) is 0.846. The molecule has 2 aliphatic heterocycles. The van der Waals surface area contributed by atoms with E-state index >= 15 is 0 Å². The van der Waals surface area contributed by atoms with Crippen LogP contribution in [-0.4, -0.2) is 66.6 Å². The maximum Gasteiger partial charge on any atom is 0.471 e. The van der Waals surface area contributed by atoms with E-state index in [1.165, 1.54) is 0 Å². The fourth-order valence-corrected chi connectivity index (χ4v) is 2.82. The first-order valence-corrected chi connectivity index (χ1v) is 7.41. The molecule has 1 atom stereocenters. The predicted octanol–water partition coefficient (Wildman–Crippen LogP) is 0.683. The molecule has 0 saturated carbocycles. The zero-order valence-corrected chi connectivity index (χ0v) is 12.2. The van der Waals surface area contributed by atoms with Gasteiger partial charge in [-0.1, -0.05) is 0 Å². The van der Waals surface area contributed by atoms with Crippen LogP contribution in [0.3, 0.4) is 0 Å². The van der Waals surface area contributed by atoms with Crippen LogP contribution in [-0.2, 0) is 14.4 Å². The SMILES string of the molecule is O=C(NOCCN1CCCC1)C1CCCN1C(=O)C(F)(F)F. The summed E-state index contributed by atoms with van der Waals surface area (Å²) < 4.78 is 37.4. The van der Waals surface area contributed by atoms with Gasteiger partial charge in [0.2, 0.25) is 0 Å². The standard InChI is InChI=1S/C13H20F3N3O3/c14-13(15,16)12(21)19-7-3-4-10(19)11(20)17-22-9-8-18-5-1-2-6-18/h10H,1-9H2,(H,17,20). The number of hydrogen-bond acceptors (Lipinski definition) is 4. The fourth-order valence-electron chi connectivity index (χ4n) is 2.82. The van der Waals surface area contributed by atoms with Crippen LogP contribution in [0.1, 0.15) is 25.7 Å². The average molecular weight is 323 g/mol. The van der Waals surface area contributed by atoms with Crippen molar-refractivity contribution in [3.63, 3.8) is 0 Å². The summed E-state index contributed by atoms with van der Waals surface area (Å²) in [5, 5.41) is 0. The van der Waals surface area contributed by atoms with Gasteiger partial charge in [-0.3, -0.25) is 14.4 Å². The lowest BCUT2D eigenvalue weighted by atomic mass is 10.2. The summed E-state index contributed by atoms with van der Waals surface area (Å²) in [6.45, 7) is 2.85. The Morgan fingerprint density at radius 1 is 1.14 bits per heavy atom. The van der Waals surface area contributed by atoms with E-state index in [4.69, 9.17) is 4.84 Å². The van der Waals surface area contributed by atoms with Crippen molar-refractivity contribution in [2.75, 3.05) is 32.8 Å². The van der Waals surface area contributed by atoms with E-state index in [-0.39, 0.29) is 19.6 Å². The van der Waals surface area contributed by atoms with Crippen molar-refractivity contribution < 1.29 is 27.6 Å². The smallest absolute Gasteiger partial charge is 0.323 e. The van der Waals surface area contributed by atoms with Gasteiger partial charge >= 0.3 is 12.1 Å². The normalized spacial score (nSPS) is 23.0. The highest BCUT2D eigenvalue weighted by molar-refractivity contribution is 5.90. The molecule has 2 saturated heterocycles. The minimum atomic E-state index is -4.96. The van der Waals surface area contributed by atoms with Crippen LogP contribution in [0, 0.1) is 0 Å². The van der Waals surface area contributed by atoms with Gasteiger partial charge in [-0.15, -0.1) is 0 Å². The minimum absolute atomic E-state index is 0.0653. The zero-order chi connectivity index (χ0) is 16.2. The van der Waals surface area contributed by atoms with E-state index in [2.05, 4.69) is 10.4 Å². The molecule has 9 heteroatoms. The third-order valence-electron chi connectivity index (χ3n) is 3.94. The zero-order valence-electron chi connectivity index (χ0n) is 12.2. The topological polar surface area (TPSA) is 61.9 Å². The summed E-state index contributed by atoms with van der Waals surface area (Å²) in [6, 6.07) is -1.11. The van der Waals surface area contributed by atoms with Crippen molar-refractivity contribution in [2.45, 2.75) is 37.9 Å². The minimum Gasteiger partial charge on any atom is -0.323 e. The number of likely N-dealkylation sites (tertiary alicyclic amines) is 2. The molecule has 22 heavy (non-hydrogen) atoms. The molecule has 1 unspecified atom stereocenters. The molecule has 2 aliphatic rings. The summed E-state index contributed by atoms with van der Waals surface area (Å²) in [4.78, 5) is 30.9. The maximum absolute atomic E-state index is 12.5. The molecule has 2 heterocycles. The lowest BCUT2D eigenvalue weighted by Gasteiger charge is -2.24. The Morgan fingerprint density at radius 3 is 2.45 bits per heavy atom. The largest absolute Gasteiger partial charge is 0.471 e. The molecule has 1 N–H and O–H groups in total. The molecule has 0 spiro atoms. The third-order valence-corrected chi connectivity index (χ3v) is 3.94. The van der Waals surface area contributed by atoms with Crippen LogP contribution < -0.4 is 5.48 Å². The molecular weight excluding hydrogens is 303 g/mol. The van der Waals surface area contributed by atoms with Gasteiger partial charge < -0.3 is 9.80 Å². The van der Waals surface area contributed by atoms with Gasteiger partial charge in [-0.2, -0.15) is 13.2 Å². The van der Waals surface area contributed by atoms with Crippen molar-refractivity contribution in [3.05, 3.63) is 0 Å². The van der Waals surface area contributed by atoms with Crippen LogP contribution in [0.25, 0.3) is 0 Å². The first kappa shape index (κ1) is 17.0. The number of nitrogens with one attached hydrogen (secondary N) is 1. The summed E-state index contributed by atoms with van der Waals surface area (Å²) in [5.74, 6) is -2.67. The lowest BCUT2D eigenvalue weighted by Crippen LogP contribution is -2.50. The van der Waals surface area contributed by atoms with E-state index in [9.17, 15) is 22.8 Å². The van der Waals surface area contributed by atoms with Gasteiger partial charge in [0.25, 0.3) is 5.91 Å². The molecule has 0 bridgehead atoms. The van der Waals surface area contributed by atoms with E-state index in [1.807, 2.05) is 0 Å². The Hall–Kier alpha value is -1.35. The van der Waals surface area contributed by atoms with Gasteiger partial charge in [0, 0.05) is 13.1 Å². The quantitative estimate of drug-likeness (QED) is 0.597. The number of alkyl halides is 3. The van der Waals surface area contributed by atoms with Crippen LogP contribution in [0.2, 0.25) is 0 Å². The van der Waals surface area contributed by atoms with Crippen LogP contribution in [0.5, 0.6) is 0 Å². The lowest BCUT2D eigenvalue weighted by molar-refractivity contribution is -0.187. The number of halogens is 3. The van der Waals surface area contributed by atoms with Crippen molar-refractivity contribution in [1.29, 1.82) is 0 Å². The maximum atomic E-state index is 12.5. The Labute approximate surface area is 126 Å². The van der Waals surface area contributed by atoms with E-state index < -0.39 is 24.0 Å². The number of nitrogens with zero attached hydrogens (tertiary/aromatic N) is 2. The van der Waals surface area contributed by atoms with Crippen LogP contribution in [0.4, 0.5) is 13.2 Å². The second-order valence-corrected chi connectivity index (χ2v) is 5.52.